The third-order valence-corrected chi connectivity index (χ3v) is 5.83. The fourth-order valence-electron chi connectivity index (χ4n) is 4.84. The standard InChI is InChI=1S/C27H34FN3O3/c1-17(2)14-27(7,31(25(32)33)26(4,5)6)16-34-24-15-30-23(12-18(24)3)20-10-11-29-22-9-8-19(28)13-21(20)22/h8-13,15,17H,14,16H2,1-7H3,(H,32,33). The van der Waals surface area contributed by atoms with Crippen molar-refractivity contribution in [2.45, 2.75) is 66.0 Å². The first-order valence-corrected chi connectivity index (χ1v) is 11.5. The fourth-order valence-corrected chi connectivity index (χ4v) is 4.84. The maximum atomic E-state index is 13.9. The number of aromatic nitrogens is 2. The molecule has 2 heterocycles. The highest BCUT2D eigenvalue weighted by molar-refractivity contribution is 5.93. The van der Waals surface area contributed by atoms with E-state index in [1.165, 1.54) is 17.0 Å². The highest BCUT2D eigenvalue weighted by Crippen LogP contribution is 2.34. The molecule has 1 atom stereocenters. The van der Waals surface area contributed by atoms with Gasteiger partial charge in [-0.25, -0.2) is 9.18 Å². The van der Waals surface area contributed by atoms with Gasteiger partial charge in [0.25, 0.3) is 0 Å². The summed E-state index contributed by atoms with van der Waals surface area (Å²) in [7, 11) is 0. The van der Waals surface area contributed by atoms with Crippen molar-refractivity contribution in [3.63, 3.8) is 0 Å². The fraction of sp³-hybridized carbons (Fsp3) is 0.444. The largest absolute Gasteiger partial charge is 0.489 e. The van der Waals surface area contributed by atoms with Crippen LogP contribution in [0.2, 0.25) is 0 Å². The molecule has 34 heavy (non-hydrogen) atoms. The number of benzene rings is 1. The summed E-state index contributed by atoms with van der Waals surface area (Å²) in [5.74, 6) is 0.534. The summed E-state index contributed by atoms with van der Waals surface area (Å²) in [6, 6.07) is 8.22. The highest BCUT2D eigenvalue weighted by atomic mass is 19.1. The average molecular weight is 468 g/mol. The maximum absolute atomic E-state index is 13.9. The first-order valence-electron chi connectivity index (χ1n) is 11.5. The van der Waals surface area contributed by atoms with Gasteiger partial charge in [-0.05, 0) is 82.9 Å². The molecule has 3 aromatic rings. The van der Waals surface area contributed by atoms with Crippen LogP contribution in [0.25, 0.3) is 22.2 Å². The summed E-state index contributed by atoms with van der Waals surface area (Å²) in [6.45, 7) is 13.9. The minimum absolute atomic E-state index is 0.194. The molecule has 2 aromatic heterocycles. The quantitative estimate of drug-likeness (QED) is 0.418. The Balaban J connectivity index is 1.92. The minimum atomic E-state index is -0.971. The zero-order valence-electron chi connectivity index (χ0n) is 21.0. The zero-order valence-corrected chi connectivity index (χ0v) is 21.0. The van der Waals surface area contributed by atoms with Crippen molar-refractivity contribution in [3.8, 4) is 17.0 Å². The Bertz CT molecular complexity index is 1190. The van der Waals surface area contributed by atoms with Crippen molar-refractivity contribution in [1.29, 1.82) is 0 Å². The number of fused-ring (bicyclic) bond motifs is 1. The lowest BCUT2D eigenvalue weighted by Gasteiger charge is -2.47. The van der Waals surface area contributed by atoms with Crippen LogP contribution in [0.3, 0.4) is 0 Å². The summed E-state index contributed by atoms with van der Waals surface area (Å²) in [4.78, 5) is 22.6. The Hall–Kier alpha value is -3.22. The van der Waals surface area contributed by atoms with Crippen molar-refractivity contribution in [1.82, 2.24) is 14.9 Å². The molecule has 0 aliphatic carbocycles. The number of aryl methyl sites for hydroxylation is 1. The van der Waals surface area contributed by atoms with Gasteiger partial charge in [-0.15, -0.1) is 0 Å². The number of pyridine rings is 2. The van der Waals surface area contributed by atoms with E-state index in [2.05, 4.69) is 23.8 Å². The lowest BCUT2D eigenvalue weighted by Crippen LogP contribution is -2.61. The number of carboxylic acid groups (broad SMARTS) is 1. The Morgan fingerprint density at radius 3 is 2.44 bits per heavy atom. The third-order valence-electron chi connectivity index (χ3n) is 5.83. The van der Waals surface area contributed by atoms with Gasteiger partial charge < -0.3 is 9.84 Å². The van der Waals surface area contributed by atoms with E-state index in [9.17, 15) is 14.3 Å². The monoisotopic (exact) mass is 467 g/mol. The van der Waals surface area contributed by atoms with Crippen LogP contribution >= 0.6 is 0 Å². The molecule has 0 saturated heterocycles. The summed E-state index contributed by atoms with van der Waals surface area (Å²) in [5, 5.41) is 10.7. The lowest BCUT2D eigenvalue weighted by atomic mass is 9.86. The molecule has 3 rings (SSSR count). The smallest absolute Gasteiger partial charge is 0.408 e. The number of carbonyl (C=O) groups is 1. The second kappa shape index (κ2) is 9.57. The maximum Gasteiger partial charge on any atom is 0.408 e. The minimum Gasteiger partial charge on any atom is -0.489 e. The van der Waals surface area contributed by atoms with Crippen LogP contribution in [0.5, 0.6) is 5.75 Å². The normalized spacial score (nSPS) is 13.7. The van der Waals surface area contributed by atoms with Gasteiger partial charge in [0.2, 0.25) is 0 Å². The van der Waals surface area contributed by atoms with Gasteiger partial charge in [-0.1, -0.05) is 13.8 Å². The number of hydrogen-bond donors (Lipinski definition) is 1. The van der Waals surface area contributed by atoms with E-state index < -0.39 is 17.2 Å². The summed E-state index contributed by atoms with van der Waals surface area (Å²) >= 11 is 0. The van der Waals surface area contributed by atoms with Gasteiger partial charge in [0, 0.05) is 22.7 Å². The summed E-state index contributed by atoms with van der Waals surface area (Å²) < 4.78 is 20.1. The molecule has 182 valence electrons. The van der Waals surface area contributed by atoms with Gasteiger partial charge in [-0.3, -0.25) is 14.9 Å². The van der Waals surface area contributed by atoms with E-state index >= 15 is 0 Å². The van der Waals surface area contributed by atoms with Crippen LogP contribution in [0.1, 0.15) is 53.5 Å². The number of amides is 1. The first-order chi connectivity index (χ1) is 15.8. The molecule has 0 aliphatic rings. The van der Waals surface area contributed by atoms with Crippen molar-refractivity contribution in [2.24, 2.45) is 5.92 Å². The number of halogens is 1. The van der Waals surface area contributed by atoms with E-state index in [0.717, 1.165) is 11.1 Å². The molecular formula is C27H34FN3O3. The predicted octanol–water partition coefficient (Wildman–Crippen LogP) is 6.71. The van der Waals surface area contributed by atoms with Gasteiger partial charge in [0.15, 0.2) is 0 Å². The molecule has 0 radical (unpaired) electrons. The molecule has 0 bridgehead atoms. The van der Waals surface area contributed by atoms with Crippen LogP contribution in [-0.4, -0.2) is 43.8 Å². The van der Waals surface area contributed by atoms with Crippen LogP contribution in [0, 0.1) is 18.7 Å². The van der Waals surface area contributed by atoms with Crippen molar-refractivity contribution >= 4 is 17.0 Å². The number of nitrogens with zero attached hydrogens (tertiary/aromatic N) is 3. The Morgan fingerprint density at radius 1 is 1.15 bits per heavy atom. The summed E-state index contributed by atoms with van der Waals surface area (Å²) in [5.41, 5.74) is 1.70. The predicted molar refractivity (Wildman–Crippen MR) is 133 cm³/mol. The van der Waals surface area contributed by atoms with E-state index in [4.69, 9.17) is 4.74 Å². The Morgan fingerprint density at radius 2 is 1.85 bits per heavy atom. The SMILES string of the molecule is Cc1cc(-c2ccnc3ccc(F)cc23)ncc1OCC(C)(CC(C)C)N(C(=O)O)C(C)(C)C. The van der Waals surface area contributed by atoms with Gasteiger partial charge in [0.05, 0.1) is 22.9 Å². The molecule has 0 aliphatic heterocycles. The van der Waals surface area contributed by atoms with Gasteiger partial charge in [-0.2, -0.15) is 0 Å². The molecule has 1 amide bonds. The Kier molecular flexibility index (Phi) is 7.15. The van der Waals surface area contributed by atoms with Crippen LogP contribution < -0.4 is 4.74 Å². The zero-order chi connectivity index (χ0) is 25.3. The topological polar surface area (TPSA) is 75.6 Å². The van der Waals surface area contributed by atoms with Crippen LogP contribution in [0.15, 0.2) is 42.7 Å². The molecule has 0 spiro atoms. The van der Waals surface area contributed by atoms with E-state index in [1.807, 2.05) is 46.8 Å². The summed E-state index contributed by atoms with van der Waals surface area (Å²) in [6.07, 6.45) is 3.01. The van der Waals surface area contributed by atoms with Crippen LogP contribution in [0.4, 0.5) is 9.18 Å². The second-order valence-corrected chi connectivity index (χ2v) is 10.5. The third kappa shape index (κ3) is 5.46. The molecule has 0 fully saturated rings. The average Bonchev–Trinajstić information content (AvgIpc) is 2.70. The molecule has 0 saturated carbocycles. The van der Waals surface area contributed by atoms with E-state index in [1.54, 1.807) is 18.5 Å². The number of rotatable bonds is 7. The number of ether oxygens (including phenoxy) is 1. The van der Waals surface area contributed by atoms with Gasteiger partial charge >= 0.3 is 6.09 Å². The van der Waals surface area contributed by atoms with Crippen LogP contribution in [-0.2, 0) is 0 Å². The second-order valence-electron chi connectivity index (χ2n) is 10.5. The molecule has 1 N–H and O–H groups in total. The first kappa shape index (κ1) is 25.4. The number of hydrogen-bond acceptors (Lipinski definition) is 4. The van der Waals surface area contributed by atoms with E-state index in [-0.39, 0.29) is 18.3 Å². The molecule has 1 unspecified atom stereocenters. The van der Waals surface area contributed by atoms with Gasteiger partial charge in [0.1, 0.15) is 18.2 Å². The van der Waals surface area contributed by atoms with Crippen molar-refractivity contribution in [2.75, 3.05) is 6.61 Å². The van der Waals surface area contributed by atoms with E-state index in [0.29, 0.717) is 28.8 Å². The highest BCUT2D eigenvalue weighted by Gasteiger charge is 2.43. The van der Waals surface area contributed by atoms with Crippen molar-refractivity contribution < 1.29 is 19.0 Å². The lowest BCUT2D eigenvalue weighted by molar-refractivity contribution is -0.0110. The van der Waals surface area contributed by atoms with Crippen molar-refractivity contribution in [3.05, 3.63) is 54.1 Å². The molecular weight excluding hydrogens is 433 g/mol. The molecule has 7 heteroatoms. The molecule has 6 nitrogen and oxygen atoms in total. The Labute approximate surface area is 200 Å². The molecule has 1 aromatic carbocycles.